The zero-order chi connectivity index (χ0) is 7.40. The molecule has 0 fully saturated rings. The minimum absolute atomic E-state index is 0.248. The van der Waals surface area contributed by atoms with Crippen LogP contribution in [0.4, 0.5) is 0 Å². The van der Waals surface area contributed by atoms with E-state index in [2.05, 4.69) is 24.4 Å². The van der Waals surface area contributed by atoms with Crippen molar-refractivity contribution in [3.05, 3.63) is 29.8 Å². The van der Waals surface area contributed by atoms with Crippen molar-refractivity contribution in [3.8, 4) is 5.75 Å². The second kappa shape index (κ2) is 4.19. The van der Waals surface area contributed by atoms with Crippen LogP contribution in [0.5, 0.6) is 5.75 Å². The molecule has 0 aromatic heterocycles. The van der Waals surface area contributed by atoms with Gasteiger partial charge < -0.3 is 0 Å². The molecule has 0 unspecified atom stereocenters. The van der Waals surface area contributed by atoms with E-state index in [4.69, 9.17) is 0 Å². The molecule has 1 rings (SSSR count). The third kappa shape index (κ3) is 2.13. The van der Waals surface area contributed by atoms with E-state index in [-0.39, 0.29) is 13.2 Å². The van der Waals surface area contributed by atoms with Gasteiger partial charge in [0, 0.05) is 0 Å². The van der Waals surface area contributed by atoms with E-state index in [0.717, 1.165) is 5.56 Å². The number of phenolic OH excluding ortho intramolecular Hbond substituents is 1. The standard InChI is InChI=1S/C7H6O.HI.Ru/c1-6-4-2-3-5-7(6)8;;/h1-5,8H;1H;/q;;+1/p-1. The molecule has 0 aliphatic heterocycles. The number of rotatable bonds is 1. The maximum absolute atomic E-state index is 9.22. The van der Waals surface area contributed by atoms with Crippen LogP contribution in [0.15, 0.2) is 24.3 Å². The van der Waals surface area contributed by atoms with Gasteiger partial charge in [0.25, 0.3) is 0 Å². The van der Waals surface area contributed by atoms with Gasteiger partial charge >= 0.3 is 78.2 Å². The van der Waals surface area contributed by atoms with Crippen LogP contribution in [0.2, 0.25) is 0 Å². The van der Waals surface area contributed by atoms with E-state index >= 15 is 0 Å². The molecule has 0 bridgehead atoms. The summed E-state index contributed by atoms with van der Waals surface area (Å²) in [4.78, 5) is 0. The molecule has 0 spiro atoms. The summed E-state index contributed by atoms with van der Waals surface area (Å²) in [5.41, 5.74) is 0.954. The van der Waals surface area contributed by atoms with Gasteiger partial charge in [-0.2, -0.15) is 0 Å². The molecule has 0 amide bonds. The quantitative estimate of drug-likeness (QED) is 0.615. The average molecular weight is 334 g/mol. The fraction of sp³-hybridized carbons (Fsp3) is 0. The predicted molar refractivity (Wildman–Crippen MR) is 47.3 cm³/mol. The van der Waals surface area contributed by atoms with Crippen LogP contribution in [0, 0.1) is 0 Å². The first kappa shape index (κ1) is 8.34. The summed E-state index contributed by atoms with van der Waals surface area (Å²) in [6.07, 6.45) is 0. The maximum atomic E-state index is 9.22. The van der Waals surface area contributed by atoms with Gasteiger partial charge in [0.2, 0.25) is 0 Å². The fourth-order valence-electron chi connectivity index (χ4n) is 0.615. The molecule has 0 aliphatic rings. The molecule has 0 heterocycles. The second-order valence-corrected chi connectivity index (χ2v) is 5.22. The zero-order valence-corrected chi connectivity index (χ0v) is 8.96. The van der Waals surface area contributed by atoms with Crippen molar-refractivity contribution in [1.29, 1.82) is 0 Å². The van der Waals surface area contributed by atoms with Gasteiger partial charge in [-0.1, -0.05) is 0 Å². The summed E-state index contributed by atoms with van der Waals surface area (Å²) in [5, 5.41) is 9.22. The molecule has 3 heteroatoms. The summed E-state index contributed by atoms with van der Waals surface area (Å²) in [5.74, 6) is 0.383. The molecule has 1 aromatic carbocycles. The van der Waals surface area contributed by atoms with Crippen LogP contribution in [0.25, 0.3) is 0 Å². The summed E-state index contributed by atoms with van der Waals surface area (Å²) in [6, 6.07) is 7.38. The summed E-state index contributed by atoms with van der Waals surface area (Å²) >= 11 is 2.58. The molecule has 0 saturated carbocycles. The monoisotopic (exact) mass is 335 g/mol. The first-order valence-corrected chi connectivity index (χ1v) is 8.85. The number of aromatic hydroxyl groups is 1. The van der Waals surface area contributed by atoms with Crippen molar-refractivity contribution in [2.45, 2.75) is 0 Å². The molecule has 10 heavy (non-hydrogen) atoms. The van der Waals surface area contributed by atoms with Gasteiger partial charge in [-0.25, -0.2) is 0 Å². The first-order chi connectivity index (χ1) is 4.84. The Morgan fingerprint density at radius 3 is 2.70 bits per heavy atom. The number of phenols is 1. The summed E-state index contributed by atoms with van der Waals surface area (Å²) in [6.45, 7) is 0. The minimum atomic E-state index is 0.248. The molecular weight excluding hydrogens is 328 g/mol. The van der Waals surface area contributed by atoms with E-state index in [1.165, 1.54) is 0 Å². The number of para-hydroxylation sites is 1. The van der Waals surface area contributed by atoms with Gasteiger partial charge in [-0.05, 0) is 0 Å². The molecule has 0 atom stereocenters. The normalized spacial score (nSPS) is 11.3. The van der Waals surface area contributed by atoms with Gasteiger partial charge in [0.05, 0.1) is 0 Å². The first-order valence-electron chi connectivity index (χ1n) is 2.68. The number of hydrogen-bond acceptors (Lipinski definition) is 1. The average Bonchev–Trinajstić information content (AvgIpc) is 1.94. The van der Waals surface area contributed by atoms with Crippen molar-refractivity contribution >= 4 is 24.4 Å². The van der Waals surface area contributed by atoms with Crippen molar-refractivity contribution in [2.24, 2.45) is 0 Å². The topological polar surface area (TPSA) is 20.2 Å². The van der Waals surface area contributed by atoms with E-state index < -0.39 is 0 Å². The van der Waals surface area contributed by atoms with Crippen molar-refractivity contribution in [1.82, 2.24) is 0 Å². The molecule has 1 aromatic rings. The number of benzene rings is 1. The SMILES string of the molecule is Oc1ccccc1[CH]=[Ru][I]. The van der Waals surface area contributed by atoms with E-state index in [1.54, 1.807) is 6.07 Å². The Hall–Kier alpha value is 0.243. The van der Waals surface area contributed by atoms with Crippen LogP contribution in [-0.2, 0) is 13.2 Å². The molecule has 1 N–H and O–H groups in total. The fourth-order valence-corrected chi connectivity index (χ4v) is 2.65. The third-order valence-corrected chi connectivity index (χ3v) is 3.12. The van der Waals surface area contributed by atoms with Crippen LogP contribution in [0.1, 0.15) is 5.56 Å². The van der Waals surface area contributed by atoms with Crippen LogP contribution in [0.3, 0.4) is 0 Å². The van der Waals surface area contributed by atoms with Gasteiger partial charge in [0.1, 0.15) is 0 Å². The van der Waals surface area contributed by atoms with Crippen LogP contribution < -0.4 is 0 Å². The number of halogens is 1. The summed E-state index contributed by atoms with van der Waals surface area (Å²) < 4.78 is 2.07. The van der Waals surface area contributed by atoms with Crippen molar-refractivity contribution in [3.63, 3.8) is 0 Å². The molecule has 1 nitrogen and oxygen atoms in total. The molecule has 0 radical (unpaired) electrons. The third-order valence-electron chi connectivity index (χ3n) is 1.09. The summed E-state index contributed by atoms with van der Waals surface area (Å²) in [7, 11) is 0. The Labute approximate surface area is 77.8 Å². The number of hydrogen-bond donors (Lipinski definition) is 1. The van der Waals surface area contributed by atoms with Crippen LogP contribution >= 0.6 is 19.8 Å². The predicted octanol–water partition coefficient (Wildman–Crippen LogP) is 1.98. The van der Waals surface area contributed by atoms with E-state index in [0.29, 0.717) is 5.75 Å². The zero-order valence-electron chi connectivity index (χ0n) is 5.07. The Morgan fingerprint density at radius 2 is 2.10 bits per heavy atom. The Balaban J connectivity index is 3.03. The van der Waals surface area contributed by atoms with Crippen molar-refractivity contribution < 1.29 is 18.3 Å². The molecular formula is C7H6IORu. The Kier molecular flexibility index (Phi) is 3.50. The second-order valence-electron chi connectivity index (χ2n) is 1.74. The Bertz CT molecular complexity index is 247. The molecule has 0 aliphatic carbocycles. The van der Waals surface area contributed by atoms with Crippen molar-refractivity contribution in [2.75, 3.05) is 0 Å². The molecule has 55 valence electrons. The van der Waals surface area contributed by atoms with Gasteiger partial charge in [-0.3, -0.25) is 0 Å². The van der Waals surface area contributed by atoms with Crippen LogP contribution in [-0.4, -0.2) is 9.72 Å². The van der Waals surface area contributed by atoms with Gasteiger partial charge in [0.15, 0.2) is 0 Å². The van der Waals surface area contributed by atoms with E-state index in [1.807, 2.05) is 18.2 Å². The Morgan fingerprint density at radius 1 is 1.40 bits per heavy atom. The van der Waals surface area contributed by atoms with E-state index in [9.17, 15) is 5.11 Å². The molecule has 0 saturated heterocycles. The van der Waals surface area contributed by atoms with Gasteiger partial charge in [-0.15, -0.1) is 0 Å².